The van der Waals surface area contributed by atoms with Gasteiger partial charge < -0.3 is 30.1 Å². The molecule has 0 aromatic heterocycles. The molecule has 2 aliphatic rings. The van der Waals surface area contributed by atoms with E-state index in [1.165, 1.54) is 24.2 Å². The molecular formula is C28H38N4O5. The van der Waals surface area contributed by atoms with Crippen LogP contribution in [0.25, 0.3) is 0 Å². The molecule has 0 spiro atoms. The summed E-state index contributed by atoms with van der Waals surface area (Å²) >= 11 is 0. The number of carbonyl (C=O) groups is 2. The van der Waals surface area contributed by atoms with Crippen molar-refractivity contribution in [3.05, 3.63) is 60.2 Å². The van der Waals surface area contributed by atoms with Crippen LogP contribution >= 0.6 is 0 Å². The largest absolute Gasteiger partial charge is 0.492 e. The summed E-state index contributed by atoms with van der Waals surface area (Å²) in [6, 6.07) is 17.3. The fourth-order valence-corrected chi connectivity index (χ4v) is 4.76. The first kappa shape index (κ1) is 26.9. The van der Waals surface area contributed by atoms with Crippen LogP contribution in [0.2, 0.25) is 0 Å². The van der Waals surface area contributed by atoms with E-state index >= 15 is 0 Å². The van der Waals surface area contributed by atoms with E-state index in [-0.39, 0.29) is 6.54 Å². The fourth-order valence-electron chi connectivity index (χ4n) is 4.76. The number of rotatable bonds is 10. The molecule has 0 saturated carbocycles. The molecule has 0 bridgehead atoms. The molecule has 9 nitrogen and oxygen atoms in total. The van der Waals surface area contributed by atoms with Crippen LogP contribution in [0, 0.1) is 0 Å². The number of amides is 2. The fraction of sp³-hybridized carbons (Fsp3) is 0.500. The molecule has 37 heavy (non-hydrogen) atoms. The summed E-state index contributed by atoms with van der Waals surface area (Å²) in [6.07, 6.45) is 0.183. The molecule has 0 radical (unpaired) electrons. The molecule has 2 aromatic carbocycles. The highest BCUT2D eigenvalue weighted by molar-refractivity contribution is 5.90. The van der Waals surface area contributed by atoms with E-state index in [9.17, 15) is 19.8 Å². The third-order valence-electron chi connectivity index (χ3n) is 7.05. The van der Waals surface area contributed by atoms with Crippen LogP contribution in [-0.4, -0.2) is 96.5 Å². The van der Waals surface area contributed by atoms with E-state index in [1.807, 2.05) is 54.6 Å². The van der Waals surface area contributed by atoms with Gasteiger partial charge in [0.05, 0.1) is 0 Å². The Labute approximate surface area is 218 Å². The predicted octanol–water partition coefficient (Wildman–Crippen LogP) is 1.24. The van der Waals surface area contributed by atoms with Crippen molar-refractivity contribution < 1.29 is 24.5 Å². The van der Waals surface area contributed by atoms with Gasteiger partial charge in [-0.05, 0) is 55.8 Å². The number of aliphatic hydroxyl groups is 2. The van der Waals surface area contributed by atoms with Crippen molar-refractivity contribution >= 4 is 17.5 Å². The van der Waals surface area contributed by atoms with Gasteiger partial charge in [-0.25, -0.2) is 0 Å². The van der Waals surface area contributed by atoms with Crippen molar-refractivity contribution in [1.29, 1.82) is 0 Å². The Kier molecular flexibility index (Phi) is 9.76. The number of aliphatic hydroxyl groups excluding tert-OH is 2. The molecule has 2 aromatic rings. The second kappa shape index (κ2) is 13.4. The lowest BCUT2D eigenvalue weighted by Gasteiger charge is -2.37. The lowest BCUT2D eigenvalue weighted by Crippen LogP contribution is -2.55. The quantitative estimate of drug-likeness (QED) is 0.442. The third-order valence-corrected chi connectivity index (χ3v) is 7.05. The molecule has 9 heteroatoms. The highest BCUT2D eigenvalue weighted by Gasteiger charge is 2.34. The van der Waals surface area contributed by atoms with Crippen molar-refractivity contribution in [2.24, 2.45) is 0 Å². The Balaban J connectivity index is 1.17. The number of carbonyl (C=O) groups excluding carboxylic acids is 2. The van der Waals surface area contributed by atoms with Gasteiger partial charge in [-0.2, -0.15) is 0 Å². The first-order valence-corrected chi connectivity index (χ1v) is 13.2. The smallest absolute Gasteiger partial charge is 0.254 e. The van der Waals surface area contributed by atoms with Crippen LogP contribution in [0.3, 0.4) is 0 Å². The number of piperazine rings is 1. The summed E-state index contributed by atoms with van der Waals surface area (Å²) in [5, 5.41) is 23.3. The van der Waals surface area contributed by atoms with Gasteiger partial charge in [0, 0.05) is 45.0 Å². The summed E-state index contributed by atoms with van der Waals surface area (Å²) in [5.41, 5.74) is 1.90. The van der Waals surface area contributed by atoms with E-state index in [2.05, 4.69) is 15.1 Å². The molecule has 2 atom stereocenters. The summed E-state index contributed by atoms with van der Waals surface area (Å²) in [6.45, 7) is 6.04. The van der Waals surface area contributed by atoms with Gasteiger partial charge in [-0.1, -0.05) is 36.8 Å². The van der Waals surface area contributed by atoms with Crippen LogP contribution < -0.4 is 15.0 Å². The summed E-state index contributed by atoms with van der Waals surface area (Å²) in [4.78, 5) is 31.2. The molecule has 200 valence electrons. The monoisotopic (exact) mass is 510 g/mol. The second-order valence-corrected chi connectivity index (χ2v) is 9.65. The van der Waals surface area contributed by atoms with Crippen molar-refractivity contribution in [2.45, 2.75) is 38.0 Å². The number of ether oxygens (including phenoxy) is 1. The van der Waals surface area contributed by atoms with E-state index in [1.54, 1.807) is 0 Å². The minimum atomic E-state index is -1.84. The van der Waals surface area contributed by atoms with Crippen molar-refractivity contribution in [3.63, 3.8) is 0 Å². The van der Waals surface area contributed by atoms with E-state index in [4.69, 9.17) is 4.74 Å². The minimum absolute atomic E-state index is 0.167. The van der Waals surface area contributed by atoms with Gasteiger partial charge in [-0.15, -0.1) is 0 Å². The van der Waals surface area contributed by atoms with Crippen LogP contribution in [0.1, 0.15) is 24.8 Å². The highest BCUT2D eigenvalue weighted by atomic mass is 16.5. The Morgan fingerprint density at radius 1 is 0.838 bits per heavy atom. The number of nitrogens with one attached hydrogen (secondary N) is 1. The summed E-state index contributed by atoms with van der Waals surface area (Å²) in [7, 11) is 0. The number of nitrogens with zero attached hydrogens (tertiary/aromatic N) is 3. The second-order valence-electron chi connectivity index (χ2n) is 9.65. The average Bonchev–Trinajstić information content (AvgIpc) is 2.96. The van der Waals surface area contributed by atoms with Crippen LogP contribution in [0.5, 0.6) is 5.75 Å². The SMILES string of the molecule is O=C(NCc1ccc(OCCN2CCCCC2)cc1)[C@H](O)[C@@H](O)C(=O)N1CCN(c2ccccc2)CC1. The lowest BCUT2D eigenvalue weighted by molar-refractivity contribution is -0.153. The first-order valence-electron chi connectivity index (χ1n) is 13.2. The van der Waals surface area contributed by atoms with Gasteiger partial charge >= 0.3 is 0 Å². The zero-order valence-corrected chi connectivity index (χ0v) is 21.3. The summed E-state index contributed by atoms with van der Waals surface area (Å²) < 4.78 is 5.83. The number of anilines is 1. The van der Waals surface area contributed by atoms with Crippen molar-refractivity contribution in [1.82, 2.24) is 15.1 Å². The maximum Gasteiger partial charge on any atom is 0.254 e. The van der Waals surface area contributed by atoms with Gasteiger partial charge in [0.1, 0.15) is 12.4 Å². The standard InChI is InChI=1S/C28H38N4O5/c33-25(26(34)28(36)32-17-15-31(16-18-32)23-7-3-1-4-8-23)27(35)29-21-22-9-11-24(12-10-22)37-20-19-30-13-5-2-6-14-30/h1,3-4,7-12,25-26,33-34H,2,5-6,13-21H2,(H,29,35)/t25-,26-/m1/s1. The van der Waals surface area contributed by atoms with Crippen LogP contribution in [-0.2, 0) is 16.1 Å². The predicted molar refractivity (Wildman–Crippen MR) is 141 cm³/mol. The van der Waals surface area contributed by atoms with Gasteiger partial charge in [0.15, 0.2) is 12.2 Å². The van der Waals surface area contributed by atoms with Crippen molar-refractivity contribution in [2.75, 3.05) is 57.3 Å². The molecule has 3 N–H and O–H groups in total. The molecule has 2 saturated heterocycles. The minimum Gasteiger partial charge on any atom is -0.492 e. The molecule has 0 unspecified atom stereocenters. The average molecular weight is 511 g/mol. The van der Waals surface area contributed by atoms with Gasteiger partial charge in [-0.3, -0.25) is 14.5 Å². The zero-order chi connectivity index (χ0) is 26.0. The number of benzene rings is 2. The van der Waals surface area contributed by atoms with E-state index in [0.29, 0.717) is 32.8 Å². The zero-order valence-electron chi connectivity index (χ0n) is 21.3. The number of para-hydroxylation sites is 1. The molecule has 2 heterocycles. The topological polar surface area (TPSA) is 106 Å². The first-order chi connectivity index (χ1) is 18.0. The molecule has 2 fully saturated rings. The molecule has 2 amide bonds. The number of piperidine rings is 1. The van der Waals surface area contributed by atoms with E-state index in [0.717, 1.165) is 36.6 Å². The van der Waals surface area contributed by atoms with Crippen LogP contribution in [0.4, 0.5) is 5.69 Å². The number of likely N-dealkylation sites (tertiary alicyclic amines) is 1. The molecule has 4 rings (SSSR count). The maximum atomic E-state index is 12.7. The Hall–Kier alpha value is -3.14. The lowest BCUT2D eigenvalue weighted by atomic mass is 10.1. The Bertz CT molecular complexity index is 989. The van der Waals surface area contributed by atoms with Crippen LogP contribution in [0.15, 0.2) is 54.6 Å². The number of hydrogen-bond acceptors (Lipinski definition) is 7. The number of hydrogen-bond donors (Lipinski definition) is 3. The Morgan fingerprint density at radius 2 is 1.51 bits per heavy atom. The molecular weight excluding hydrogens is 472 g/mol. The van der Waals surface area contributed by atoms with Gasteiger partial charge in [0.25, 0.3) is 11.8 Å². The van der Waals surface area contributed by atoms with Crippen molar-refractivity contribution in [3.8, 4) is 5.75 Å². The molecule has 2 aliphatic heterocycles. The van der Waals surface area contributed by atoms with E-state index < -0.39 is 24.0 Å². The Morgan fingerprint density at radius 3 is 2.19 bits per heavy atom. The molecule has 0 aliphatic carbocycles. The van der Waals surface area contributed by atoms with Gasteiger partial charge in [0.2, 0.25) is 0 Å². The summed E-state index contributed by atoms with van der Waals surface area (Å²) in [5.74, 6) is -0.660. The maximum absolute atomic E-state index is 12.7. The normalized spacial score (nSPS) is 18.2. The third kappa shape index (κ3) is 7.67. The highest BCUT2D eigenvalue weighted by Crippen LogP contribution is 2.17.